The molecule has 0 radical (unpaired) electrons. The minimum absolute atomic E-state index is 0.0512. The minimum atomic E-state index is -0.495. The highest BCUT2D eigenvalue weighted by Gasteiger charge is 2.31. The van der Waals surface area contributed by atoms with Crippen LogP contribution in [0.4, 0.5) is 4.79 Å². The first-order valence-electron chi connectivity index (χ1n) is 8.44. The summed E-state index contributed by atoms with van der Waals surface area (Å²) in [5, 5.41) is 0. The van der Waals surface area contributed by atoms with Crippen LogP contribution in [0.15, 0.2) is 16.5 Å². The number of ether oxygens (including phenoxy) is 1. The van der Waals surface area contributed by atoms with Crippen LogP contribution in [0.1, 0.15) is 45.1 Å². The van der Waals surface area contributed by atoms with Crippen molar-refractivity contribution in [1.29, 1.82) is 0 Å². The van der Waals surface area contributed by atoms with Crippen molar-refractivity contribution in [3.05, 3.63) is 23.7 Å². The molecule has 1 aliphatic rings. The van der Waals surface area contributed by atoms with E-state index in [-0.39, 0.29) is 17.9 Å². The maximum absolute atomic E-state index is 12.6. The van der Waals surface area contributed by atoms with Crippen LogP contribution in [0, 0.1) is 12.8 Å². The minimum Gasteiger partial charge on any atom is -0.464 e. The van der Waals surface area contributed by atoms with Crippen molar-refractivity contribution >= 4 is 12.0 Å². The quantitative estimate of drug-likeness (QED) is 0.850. The molecule has 0 saturated carbocycles. The zero-order chi connectivity index (χ0) is 17.9. The molecule has 1 aliphatic heterocycles. The smallest absolute Gasteiger partial charge is 0.410 e. The van der Waals surface area contributed by atoms with Gasteiger partial charge in [-0.25, -0.2) is 4.79 Å². The predicted molar refractivity (Wildman–Crippen MR) is 90.5 cm³/mol. The summed E-state index contributed by atoms with van der Waals surface area (Å²) < 4.78 is 10.9. The number of hydrogen-bond acceptors (Lipinski definition) is 4. The number of carbonyl (C=O) groups excluding carboxylic acids is 2. The molecule has 1 aromatic heterocycles. The van der Waals surface area contributed by atoms with E-state index in [2.05, 4.69) is 0 Å². The lowest BCUT2D eigenvalue weighted by molar-refractivity contribution is -0.136. The predicted octanol–water partition coefficient (Wildman–Crippen LogP) is 3.19. The molecule has 0 aliphatic carbocycles. The van der Waals surface area contributed by atoms with E-state index in [4.69, 9.17) is 9.15 Å². The Morgan fingerprint density at radius 3 is 2.42 bits per heavy atom. The Bertz CT molecular complexity index is 580. The largest absolute Gasteiger partial charge is 0.464 e. The number of carbonyl (C=O) groups is 2. The first-order chi connectivity index (χ1) is 11.2. The number of amides is 2. The number of hydrogen-bond donors (Lipinski definition) is 0. The van der Waals surface area contributed by atoms with Gasteiger partial charge in [0.25, 0.3) is 0 Å². The molecule has 1 aromatic rings. The summed E-state index contributed by atoms with van der Waals surface area (Å²) in [5.41, 5.74) is -0.495. The molecule has 1 saturated heterocycles. The molecule has 0 unspecified atom stereocenters. The van der Waals surface area contributed by atoms with E-state index < -0.39 is 5.60 Å². The number of likely N-dealkylation sites (tertiary alicyclic amines) is 1. The van der Waals surface area contributed by atoms with Crippen molar-refractivity contribution < 1.29 is 18.7 Å². The number of aryl methyl sites for hydroxylation is 1. The normalized spacial score (nSPS) is 16.1. The van der Waals surface area contributed by atoms with Crippen LogP contribution in [0.2, 0.25) is 0 Å². The Hall–Kier alpha value is -1.98. The van der Waals surface area contributed by atoms with E-state index in [0.29, 0.717) is 32.5 Å². The molecular weight excluding hydrogens is 308 g/mol. The zero-order valence-electron chi connectivity index (χ0n) is 15.3. The SMILES string of the molecule is Cc1ccc(CN(C)C(=O)C2CCN(C(=O)OC(C)(C)C)CC2)o1. The summed E-state index contributed by atoms with van der Waals surface area (Å²) >= 11 is 0. The van der Waals surface area contributed by atoms with Gasteiger partial charge in [0.05, 0.1) is 6.54 Å². The van der Waals surface area contributed by atoms with Crippen LogP contribution in [0.5, 0.6) is 0 Å². The van der Waals surface area contributed by atoms with Crippen molar-refractivity contribution in [2.75, 3.05) is 20.1 Å². The van der Waals surface area contributed by atoms with E-state index in [1.807, 2.05) is 39.8 Å². The average molecular weight is 336 g/mol. The summed E-state index contributed by atoms with van der Waals surface area (Å²) in [6.45, 7) is 9.03. The Morgan fingerprint density at radius 2 is 1.92 bits per heavy atom. The second-order valence-electron chi connectivity index (χ2n) is 7.45. The molecule has 6 nitrogen and oxygen atoms in total. The maximum atomic E-state index is 12.6. The molecule has 134 valence electrons. The fourth-order valence-electron chi connectivity index (χ4n) is 2.83. The van der Waals surface area contributed by atoms with Crippen molar-refractivity contribution in [3.8, 4) is 0 Å². The van der Waals surface area contributed by atoms with Crippen LogP contribution in [-0.4, -0.2) is 47.5 Å². The summed E-state index contributed by atoms with van der Waals surface area (Å²) in [4.78, 5) is 28.0. The monoisotopic (exact) mass is 336 g/mol. The van der Waals surface area contributed by atoms with Crippen LogP contribution in [-0.2, 0) is 16.1 Å². The average Bonchev–Trinajstić information content (AvgIpc) is 2.90. The number of piperidine rings is 1. The number of furan rings is 1. The van der Waals surface area contributed by atoms with Gasteiger partial charge in [0.2, 0.25) is 5.91 Å². The fourth-order valence-corrected chi connectivity index (χ4v) is 2.83. The van der Waals surface area contributed by atoms with Crippen LogP contribution >= 0.6 is 0 Å². The van der Waals surface area contributed by atoms with Crippen molar-refractivity contribution in [2.24, 2.45) is 5.92 Å². The van der Waals surface area contributed by atoms with Gasteiger partial charge in [-0.1, -0.05) is 0 Å². The van der Waals surface area contributed by atoms with Gasteiger partial charge >= 0.3 is 6.09 Å². The second-order valence-corrected chi connectivity index (χ2v) is 7.45. The van der Waals surface area contributed by atoms with Crippen LogP contribution in [0.25, 0.3) is 0 Å². The topological polar surface area (TPSA) is 63.0 Å². The molecule has 0 aromatic carbocycles. The van der Waals surface area contributed by atoms with Crippen LogP contribution in [0.3, 0.4) is 0 Å². The van der Waals surface area contributed by atoms with Gasteiger partial charge in [-0.3, -0.25) is 4.79 Å². The van der Waals surface area contributed by atoms with E-state index in [9.17, 15) is 9.59 Å². The maximum Gasteiger partial charge on any atom is 0.410 e. The number of rotatable bonds is 3. The highest BCUT2D eigenvalue weighted by atomic mass is 16.6. The Kier molecular flexibility index (Phi) is 5.57. The summed E-state index contributed by atoms with van der Waals surface area (Å²) in [7, 11) is 1.79. The van der Waals surface area contributed by atoms with Crippen molar-refractivity contribution in [2.45, 2.75) is 52.7 Å². The van der Waals surface area contributed by atoms with Crippen molar-refractivity contribution in [3.63, 3.8) is 0 Å². The highest BCUT2D eigenvalue weighted by molar-refractivity contribution is 5.79. The first kappa shape index (κ1) is 18.4. The zero-order valence-corrected chi connectivity index (χ0v) is 15.3. The second kappa shape index (κ2) is 7.28. The third-order valence-electron chi connectivity index (χ3n) is 4.06. The number of nitrogens with zero attached hydrogens (tertiary/aromatic N) is 2. The van der Waals surface area contributed by atoms with E-state index >= 15 is 0 Å². The summed E-state index contributed by atoms with van der Waals surface area (Å²) in [5.74, 6) is 1.68. The molecule has 2 rings (SSSR count). The molecule has 0 N–H and O–H groups in total. The van der Waals surface area contributed by atoms with E-state index in [0.717, 1.165) is 11.5 Å². The van der Waals surface area contributed by atoms with Gasteiger partial charge in [0.1, 0.15) is 17.1 Å². The van der Waals surface area contributed by atoms with Gasteiger partial charge in [0.15, 0.2) is 0 Å². The Morgan fingerprint density at radius 1 is 1.29 bits per heavy atom. The Labute approximate surface area is 143 Å². The third kappa shape index (κ3) is 5.01. The van der Waals surface area contributed by atoms with Gasteiger partial charge < -0.3 is 19.0 Å². The highest BCUT2D eigenvalue weighted by Crippen LogP contribution is 2.22. The molecule has 24 heavy (non-hydrogen) atoms. The van der Waals surface area contributed by atoms with Gasteiger partial charge in [0, 0.05) is 26.1 Å². The third-order valence-corrected chi connectivity index (χ3v) is 4.06. The lowest BCUT2D eigenvalue weighted by atomic mass is 9.95. The molecule has 0 atom stereocenters. The lowest BCUT2D eigenvalue weighted by Crippen LogP contribution is -2.45. The molecule has 2 amide bonds. The summed E-state index contributed by atoms with van der Waals surface area (Å²) in [6, 6.07) is 3.79. The Balaban J connectivity index is 1.82. The fraction of sp³-hybridized carbons (Fsp3) is 0.667. The molecule has 6 heteroatoms. The van der Waals surface area contributed by atoms with Crippen LogP contribution < -0.4 is 0 Å². The molecular formula is C18H28N2O4. The standard InChI is InChI=1S/C18H28N2O4/c1-13-6-7-15(23-13)12-19(5)16(21)14-8-10-20(11-9-14)17(22)24-18(2,3)4/h6-7,14H,8-12H2,1-5H3. The van der Waals surface area contributed by atoms with Gasteiger partial charge in [-0.05, 0) is 52.7 Å². The van der Waals surface area contributed by atoms with Gasteiger partial charge in [-0.2, -0.15) is 0 Å². The molecule has 0 bridgehead atoms. The van der Waals surface area contributed by atoms with E-state index in [1.165, 1.54) is 0 Å². The molecule has 0 spiro atoms. The van der Waals surface area contributed by atoms with Crippen molar-refractivity contribution in [1.82, 2.24) is 9.80 Å². The molecule has 1 fully saturated rings. The first-order valence-corrected chi connectivity index (χ1v) is 8.44. The lowest BCUT2D eigenvalue weighted by Gasteiger charge is -2.34. The van der Waals surface area contributed by atoms with Gasteiger partial charge in [-0.15, -0.1) is 0 Å². The summed E-state index contributed by atoms with van der Waals surface area (Å²) in [6.07, 6.45) is 1.03. The molecule has 2 heterocycles. The van der Waals surface area contributed by atoms with E-state index in [1.54, 1.807) is 16.8 Å².